The van der Waals surface area contributed by atoms with Crippen LogP contribution < -0.4 is 4.74 Å². The Hall–Kier alpha value is -2.34. The Bertz CT molecular complexity index is 671. The van der Waals surface area contributed by atoms with Crippen LogP contribution in [0.15, 0.2) is 42.7 Å². The van der Waals surface area contributed by atoms with Crippen LogP contribution in [-0.4, -0.2) is 58.3 Å². The van der Waals surface area contributed by atoms with Gasteiger partial charge < -0.3 is 9.64 Å². The van der Waals surface area contributed by atoms with Crippen molar-refractivity contribution in [3.63, 3.8) is 0 Å². The van der Waals surface area contributed by atoms with Crippen LogP contribution in [0.5, 0.6) is 5.75 Å². The number of amides is 1. The molecule has 1 aromatic heterocycles. The second-order valence-corrected chi connectivity index (χ2v) is 6.32. The zero-order chi connectivity index (χ0) is 17.5. The molecule has 25 heavy (non-hydrogen) atoms. The van der Waals surface area contributed by atoms with Crippen molar-refractivity contribution in [2.45, 2.75) is 26.4 Å². The van der Waals surface area contributed by atoms with Crippen molar-refractivity contribution in [3.8, 4) is 5.75 Å². The maximum absolute atomic E-state index is 12.4. The lowest BCUT2D eigenvalue weighted by Gasteiger charge is -2.21. The van der Waals surface area contributed by atoms with Gasteiger partial charge in [-0.2, -0.15) is 5.10 Å². The smallest absolute Gasteiger partial charge is 0.260 e. The summed E-state index contributed by atoms with van der Waals surface area (Å²) in [6, 6.07) is 9.48. The molecule has 134 valence electrons. The Kier molecular flexibility index (Phi) is 6.06. The molecular weight excluding hydrogens is 316 g/mol. The first-order valence-electron chi connectivity index (χ1n) is 8.94. The number of rotatable bonds is 6. The van der Waals surface area contributed by atoms with Crippen LogP contribution >= 0.6 is 0 Å². The normalized spacial score (nSPS) is 15.8. The molecule has 0 spiro atoms. The molecule has 0 atom stereocenters. The van der Waals surface area contributed by atoms with E-state index in [0.717, 1.165) is 51.4 Å². The highest BCUT2D eigenvalue weighted by Gasteiger charge is 2.19. The van der Waals surface area contributed by atoms with Crippen molar-refractivity contribution in [1.29, 1.82) is 0 Å². The minimum Gasteiger partial charge on any atom is -0.484 e. The highest BCUT2D eigenvalue weighted by molar-refractivity contribution is 5.77. The van der Waals surface area contributed by atoms with Crippen molar-refractivity contribution in [2.24, 2.45) is 0 Å². The third-order valence-electron chi connectivity index (χ3n) is 4.46. The van der Waals surface area contributed by atoms with E-state index in [2.05, 4.69) is 23.1 Å². The minimum atomic E-state index is 0.0597. The van der Waals surface area contributed by atoms with Crippen molar-refractivity contribution in [2.75, 3.05) is 32.8 Å². The van der Waals surface area contributed by atoms with Gasteiger partial charge in [-0.25, -0.2) is 0 Å². The quantitative estimate of drug-likeness (QED) is 0.806. The van der Waals surface area contributed by atoms with E-state index in [4.69, 9.17) is 4.74 Å². The fourth-order valence-corrected chi connectivity index (χ4v) is 3.05. The first kappa shape index (κ1) is 17.5. The summed E-state index contributed by atoms with van der Waals surface area (Å²) in [5.41, 5.74) is 1.23. The summed E-state index contributed by atoms with van der Waals surface area (Å²) < 4.78 is 7.53. The van der Waals surface area contributed by atoms with E-state index < -0.39 is 0 Å². The molecule has 1 aliphatic rings. The molecule has 1 aromatic carbocycles. The largest absolute Gasteiger partial charge is 0.484 e. The number of benzene rings is 1. The molecule has 0 bridgehead atoms. The van der Waals surface area contributed by atoms with E-state index in [1.54, 1.807) is 0 Å². The maximum atomic E-state index is 12.4. The summed E-state index contributed by atoms with van der Waals surface area (Å²) in [4.78, 5) is 16.7. The molecule has 0 unspecified atom stereocenters. The average Bonchev–Trinajstić information content (AvgIpc) is 2.97. The van der Waals surface area contributed by atoms with Gasteiger partial charge in [0.15, 0.2) is 6.61 Å². The van der Waals surface area contributed by atoms with Crippen LogP contribution in [0.1, 0.15) is 18.9 Å². The molecule has 1 fully saturated rings. The summed E-state index contributed by atoms with van der Waals surface area (Å²) in [7, 11) is 0. The van der Waals surface area contributed by atoms with Crippen LogP contribution in [-0.2, 0) is 17.9 Å². The number of aromatic nitrogens is 2. The number of hydrogen-bond acceptors (Lipinski definition) is 4. The predicted octanol–water partition coefficient (Wildman–Crippen LogP) is 2.02. The SMILES string of the molecule is CCn1cc(CN2CCCN(C(=O)COc3ccccc3)CC2)cn1. The Labute approximate surface area is 149 Å². The molecule has 1 saturated heterocycles. The van der Waals surface area contributed by atoms with Gasteiger partial charge in [0.25, 0.3) is 5.91 Å². The van der Waals surface area contributed by atoms with E-state index in [-0.39, 0.29) is 12.5 Å². The number of carbonyl (C=O) groups is 1. The topological polar surface area (TPSA) is 50.6 Å². The molecule has 6 heteroatoms. The monoisotopic (exact) mass is 342 g/mol. The summed E-state index contributed by atoms with van der Waals surface area (Å²) in [6.07, 6.45) is 5.02. The van der Waals surface area contributed by atoms with Crippen LogP contribution in [0.4, 0.5) is 0 Å². The number of nitrogens with zero attached hydrogens (tertiary/aromatic N) is 4. The van der Waals surface area contributed by atoms with Gasteiger partial charge in [0.05, 0.1) is 6.20 Å². The summed E-state index contributed by atoms with van der Waals surface area (Å²) >= 11 is 0. The Morgan fingerprint density at radius 3 is 2.76 bits per heavy atom. The van der Waals surface area contributed by atoms with Gasteiger partial charge in [0, 0.05) is 51.0 Å². The van der Waals surface area contributed by atoms with Crippen molar-refractivity contribution >= 4 is 5.91 Å². The van der Waals surface area contributed by atoms with E-state index in [1.165, 1.54) is 5.56 Å². The lowest BCUT2D eigenvalue weighted by molar-refractivity contribution is -0.133. The zero-order valence-electron chi connectivity index (χ0n) is 14.8. The molecule has 0 aliphatic carbocycles. The number of ether oxygens (including phenoxy) is 1. The molecule has 2 aromatic rings. The maximum Gasteiger partial charge on any atom is 0.260 e. The lowest BCUT2D eigenvalue weighted by Crippen LogP contribution is -2.38. The standard InChI is InChI=1S/C19H26N4O2/c1-2-23-15-17(13-20-23)14-21-9-6-10-22(12-11-21)19(24)16-25-18-7-4-3-5-8-18/h3-5,7-8,13,15H,2,6,9-12,14,16H2,1H3. The first-order chi connectivity index (χ1) is 12.2. The zero-order valence-corrected chi connectivity index (χ0v) is 14.8. The molecule has 0 saturated carbocycles. The molecule has 2 heterocycles. The molecular formula is C19H26N4O2. The van der Waals surface area contributed by atoms with Gasteiger partial charge in [-0.1, -0.05) is 18.2 Å². The van der Waals surface area contributed by atoms with Crippen molar-refractivity contribution < 1.29 is 9.53 Å². The van der Waals surface area contributed by atoms with Gasteiger partial charge in [0.1, 0.15) is 5.75 Å². The molecule has 0 N–H and O–H groups in total. The average molecular weight is 342 g/mol. The number of aryl methyl sites for hydroxylation is 1. The third-order valence-corrected chi connectivity index (χ3v) is 4.46. The third kappa shape index (κ3) is 5.06. The minimum absolute atomic E-state index is 0.0597. The highest BCUT2D eigenvalue weighted by Crippen LogP contribution is 2.11. The first-order valence-corrected chi connectivity index (χ1v) is 8.94. The lowest BCUT2D eigenvalue weighted by atomic mass is 10.3. The molecule has 6 nitrogen and oxygen atoms in total. The highest BCUT2D eigenvalue weighted by atomic mass is 16.5. The van der Waals surface area contributed by atoms with Gasteiger partial charge in [-0.15, -0.1) is 0 Å². The van der Waals surface area contributed by atoms with Gasteiger partial charge in [0.2, 0.25) is 0 Å². The van der Waals surface area contributed by atoms with Crippen molar-refractivity contribution in [3.05, 3.63) is 48.3 Å². The van der Waals surface area contributed by atoms with E-state index in [9.17, 15) is 4.79 Å². The number of hydrogen-bond donors (Lipinski definition) is 0. The van der Waals surface area contributed by atoms with Crippen LogP contribution in [0, 0.1) is 0 Å². The Morgan fingerprint density at radius 1 is 1.16 bits per heavy atom. The van der Waals surface area contributed by atoms with Crippen LogP contribution in [0.25, 0.3) is 0 Å². The molecule has 1 amide bonds. The van der Waals surface area contributed by atoms with Crippen LogP contribution in [0.3, 0.4) is 0 Å². The summed E-state index contributed by atoms with van der Waals surface area (Å²) in [6.45, 7) is 7.40. The summed E-state index contributed by atoms with van der Waals surface area (Å²) in [5.74, 6) is 0.796. The van der Waals surface area contributed by atoms with E-state index >= 15 is 0 Å². The van der Waals surface area contributed by atoms with E-state index in [0.29, 0.717) is 0 Å². The van der Waals surface area contributed by atoms with Gasteiger partial charge >= 0.3 is 0 Å². The fraction of sp³-hybridized carbons (Fsp3) is 0.474. The molecule has 0 radical (unpaired) electrons. The molecule has 1 aliphatic heterocycles. The Balaban J connectivity index is 1.46. The van der Waals surface area contributed by atoms with Crippen molar-refractivity contribution in [1.82, 2.24) is 19.6 Å². The second-order valence-electron chi connectivity index (χ2n) is 6.32. The number of carbonyl (C=O) groups excluding carboxylic acids is 1. The van der Waals surface area contributed by atoms with E-state index in [1.807, 2.05) is 46.1 Å². The number of para-hydroxylation sites is 1. The van der Waals surface area contributed by atoms with Crippen LogP contribution in [0.2, 0.25) is 0 Å². The van der Waals surface area contributed by atoms with Gasteiger partial charge in [-0.05, 0) is 25.5 Å². The van der Waals surface area contributed by atoms with Gasteiger partial charge in [-0.3, -0.25) is 14.4 Å². The fourth-order valence-electron chi connectivity index (χ4n) is 3.05. The molecule has 3 rings (SSSR count). The summed E-state index contributed by atoms with van der Waals surface area (Å²) in [5, 5.41) is 4.33. The Morgan fingerprint density at radius 2 is 2.00 bits per heavy atom. The predicted molar refractivity (Wildman–Crippen MR) is 96.3 cm³/mol. The second kappa shape index (κ2) is 8.67.